The molecular weight excluding hydrogens is 356 g/mol. The van der Waals surface area contributed by atoms with Crippen LogP contribution in [0.4, 0.5) is 5.69 Å². The van der Waals surface area contributed by atoms with E-state index in [9.17, 15) is 9.59 Å². The van der Waals surface area contributed by atoms with Gasteiger partial charge >= 0.3 is 5.97 Å². The van der Waals surface area contributed by atoms with Crippen LogP contribution in [0.2, 0.25) is 5.02 Å². The van der Waals surface area contributed by atoms with Gasteiger partial charge in [-0.25, -0.2) is 4.79 Å². The van der Waals surface area contributed by atoms with Crippen molar-refractivity contribution in [1.82, 2.24) is 5.32 Å². The highest BCUT2D eigenvalue weighted by molar-refractivity contribution is 6.31. The number of nitrogen functional groups attached to an aromatic ring is 1. The minimum Gasteiger partial charge on any atom is -0.491 e. The Hall–Kier alpha value is -2.73. The van der Waals surface area contributed by atoms with Crippen LogP contribution in [0.15, 0.2) is 36.4 Å². The summed E-state index contributed by atoms with van der Waals surface area (Å²) in [6.07, 6.45) is 0. The van der Waals surface area contributed by atoms with Crippen molar-refractivity contribution >= 4 is 29.2 Å². The third-order valence-electron chi connectivity index (χ3n) is 3.58. The third-order valence-corrected chi connectivity index (χ3v) is 3.82. The van der Waals surface area contributed by atoms with Gasteiger partial charge in [0.1, 0.15) is 12.4 Å². The van der Waals surface area contributed by atoms with E-state index in [1.54, 1.807) is 6.07 Å². The first-order chi connectivity index (χ1) is 12.4. The molecule has 2 aromatic rings. The molecule has 0 aliphatic rings. The third kappa shape index (κ3) is 5.67. The van der Waals surface area contributed by atoms with Crippen LogP contribution in [0, 0.1) is 13.8 Å². The summed E-state index contributed by atoms with van der Waals surface area (Å²) in [6, 6.07) is 10.3. The summed E-state index contributed by atoms with van der Waals surface area (Å²) in [5.41, 5.74) is 8.25. The molecule has 0 saturated heterocycles. The number of ether oxygens (including phenoxy) is 2. The topological polar surface area (TPSA) is 90.6 Å². The lowest BCUT2D eigenvalue weighted by atomic mass is 10.1. The molecule has 26 heavy (non-hydrogen) atoms. The summed E-state index contributed by atoms with van der Waals surface area (Å²) in [6.45, 7) is 4.17. The van der Waals surface area contributed by atoms with Crippen molar-refractivity contribution in [3.8, 4) is 5.75 Å². The highest BCUT2D eigenvalue weighted by Gasteiger charge is 2.13. The molecule has 3 N–H and O–H groups in total. The first-order valence-electron chi connectivity index (χ1n) is 8.05. The zero-order chi connectivity index (χ0) is 19.1. The molecule has 0 aliphatic carbocycles. The van der Waals surface area contributed by atoms with Gasteiger partial charge in [-0.05, 0) is 43.7 Å². The number of halogens is 1. The maximum absolute atomic E-state index is 11.9. The van der Waals surface area contributed by atoms with Crippen LogP contribution in [0.1, 0.15) is 21.5 Å². The summed E-state index contributed by atoms with van der Waals surface area (Å²) in [4.78, 5) is 23.7. The second-order valence-electron chi connectivity index (χ2n) is 5.78. The maximum atomic E-state index is 11.9. The van der Waals surface area contributed by atoms with Crippen LogP contribution in [-0.2, 0) is 9.53 Å². The highest BCUT2D eigenvalue weighted by atomic mass is 35.5. The quantitative estimate of drug-likeness (QED) is 0.440. The zero-order valence-electron chi connectivity index (χ0n) is 14.7. The molecule has 0 aliphatic heterocycles. The van der Waals surface area contributed by atoms with Crippen molar-refractivity contribution in [2.24, 2.45) is 0 Å². The SMILES string of the molecule is Cc1ccc(OCCNC(=O)COC(=O)c2cc(Cl)ccc2N)c(C)c1. The largest absolute Gasteiger partial charge is 0.491 e. The Morgan fingerprint density at radius 1 is 1.15 bits per heavy atom. The molecule has 1 amide bonds. The predicted octanol–water partition coefficient (Wildman–Crippen LogP) is 2.89. The maximum Gasteiger partial charge on any atom is 0.340 e. The van der Waals surface area contributed by atoms with E-state index < -0.39 is 18.5 Å². The van der Waals surface area contributed by atoms with E-state index in [1.807, 2.05) is 32.0 Å². The summed E-state index contributed by atoms with van der Waals surface area (Å²) >= 11 is 5.82. The van der Waals surface area contributed by atoms with E-state index in [0.29, 0.717) is 18.2 Å². The Morgan fingerprint density at radius 3 is 2.65 bits per heavy atom. The molecule has 6 nitrogen and oxygen atoms in total. The summed E-state index contributed by atoms with van der Waals surface area (Å²) in [5.74, 6) is -0.359. The van der Waals surface area contributed by atoms with Gasteiger partial charge in [-0.3, -0.25) is 4.79 Å². The Balaban J connectivity index is 1.72. The van der Waals surface area contributed by atoms with Crippen LogP contribution in [-0.4, -0.2) is 31.6 Å². The van der Waals surface area contributed by atoms with Crippen molar-refractivity contribution in [3.63, 3.8) is 0 Å². The van der Waals surface area contributed by atoms with Crippen molar-refractivity contribution < 1.29 is 19.1 Å². The van der Waals surface area contributed by atoms with E-state index in [4.69, 9.17) is 26.8 Å². The number of aryl methyl sites for hydroxylation is 2. The van der Waals surface area contributed by atoms with Crippen molar-refractivity contribution in [1.29, 1.82) is 0 Å². The average Bonchev–Trinajstić information content (AvgIpc) is 2.60. The Bertz CT molecular complexity index is 808. The molecule has 0 atom stereocenters. The number of anilines is 1. The van der Waals surface area contributed by atoms with Gasteiger partial charge in [0.2, 0.25) is 0 Å². The van der Waals surface area contributed by atoms with Crippen LogP contribution in [0.25, 0.3) is 0 Å². The van der Waals surface area contributed by atoms with E-state index in [1.165, 1.54) is 12.1 Å². The summed E-state index contributed by atoms with van der Waals surface area (Å²) < 4.78 is 10.6. The molecule has 0 heterocycles. The van der Waals surface area contributed by atoms with Crippen LogP contribution in [0.3, 0.4) is 0 Å². The number of nitrogens with two attached hydrogens (primary N) is 1. The van der Waals surface area contributed by atoms with Gasteiger partial charge in [0.15, 0.2) is 6.61 Å². The van der Waals surface area contributed by atoms with Gasteiger partial charge < -0.3 is 20.5 Å². The minimum absolute atomic E-state index is 0.128. The molecule has 0 spiro atoms. The van der Waals surface area contributed by atoms with E-state index in [-0.39, 0.29) is 11.3 Å². The molecular formula is C19H21ClN2O4. The van der Waals surface area contributed by atoms with Gasteiger partial charge in [0, 0.05) is 10.7 Å². The number of hydrogen-bond acceptors (Lipinski definition) is 5. The fourth-order valence-electron chi connectivity index (χ4n) is 2.28. The van der Waals surface area contributed by atoms with Gasteiger partial charge in [-0.2, -0.15) is 0 Å². The van der Waals surface area contributed by atoms with Crippen LogP contribution in [0.5, 0.6) is 5.75 Å². The predicted molar refractivity (Wildman–Crippen MR) is 101 cm³/mol. The second kappa shape index (κ2) is 9.10. The smallest absolute Gasteiger partial charge is 0.340 e. The van der Waals surface area contributed by atoms with Gasteiger partial charge in [-0.15, -0.1) is 0 Å². The molecule has 138 valence electrons. The molecule has 0 unspecified atom stereocenters. The fraction of sp³-hybridized carbons (Fsp3) is 0.263. The lowest BCUT2D eigenvalue weighted by molar-refractivity contribution is -0.124. The second-order valence-corrected chi connectivity index (χ2v) is 6.21. The first-order valence-corrected chi connectivity index (χ1v) is 8.43. The average molecular weight is 377 g/mol. The molecule has 0 radical (unpaired) electrons. The minimum atomic E-state index is -0.702. The highest BCUT2D eigenvalue weighted by Crippen LogP contribution is 2.19. The number of benzene rings is 2. The number of rotatable bonds is 7. The normalized spacial score (nSPS) is 10.3. The number of hydrogen-bond donors (Lipinski definition) is 2. The van der Waals surface area contributed by atoms with Crippen molar-refractivity contribution in [2.45, 2.75) is 13.8 Å². The van der Waals surface area contributed by atoms with Crippen molar-refractivity contribution in [3.05, 3.63) is 58.1 Å². The molecule has 0 fully saturated rings. The lowest BCUT2D eigenvalue weighted by Crippen LogP contribution is -2.32. The number of carbonyl (C=O) groups is 2. The van der Waals surface area contributed by atoms with Crippen molar-refractivity contribution in [2.75, 3.05) is 25.5 Å². The lowest BCUT2D eigenvalue weighted by Gasteiger charge is -2.11. The number of esters is 1. The first kappa shape index (κ1) is 19.6. The molecule has 2 rings (SSSR count). The van der Waals surface area contributed by atoms with Gasteiger partial charge in [-0.1, -0.05) is 29.3 Å². The van der Waals surface area contributed by atoms with Gasteiger partial charge in [0.05, 0.1) is 12.1 Å². The Labute approximate surface area is 157 Å². The summed E-state index contributed by atoms with van der Waals surface area (Å²) in [5, 5.41) is 2.98. The molecule has 7 heteroatoms. The fourth-order valence-corrected chi connectivity index (χ4v) is 2.45. The number of carbonyl (C=O) groups excluding carboxylic acids is 2. The standard InChI is InChI=1S/C19H21ClN2O4/c1-12-3-6-17(13(2)9-12)25-8-7-22-18(23)11-26-19(24)15-10-14(20)4-5-16(15)21/h3-6,9-10H,7-8,11,21H2,1-2H3,(H,22,23). The Kier molecular flexibility index (Phi) is 6.86. The number of amides is 1. The molecule has 0 aromatic heterocycles. The Morgan fingerprint density at radius 2 is 1.92 bits per heavy atom. The van der Waals surface area contributed by atoms with Crippen LogP contribution >= 0.6 is 11.6 Å². The van der Waals surface area contributed by atoms with E-state index in [0.717, 1.165) is 16.9 Å². The number of nitrogens with one attached hydrogen (secondary N) is 1. The zero-order valence-corrected chi connectivity index (χ0v) is 15.4. The van der Waals surface area contributed by atoms with Gasteiger partial charge in [0.25, 0.3) is 5.91 Å². The van der Waals surface area contributed by atoms with E-state index >= 15 is 0 Å². The molecule has 0 saturated carbocycles. The van der Waals surface area contributed by atoms with E-state index in [2.05, 4.69) is 5.32 Å². The summed E-state index contributed by atoms with van der Waals surface area (Å²) in [7, 11) is 0. The molecule has 0 bridgehead atoms. The van der Waals surface area contributed by atoms with Crippen LogP contribution < -0.4 is 15.8 Å². The monoisotopic (exact) mass is 376 g/mol. The molecule has 2 aromatic carbocycles.